The number of quaternary nitrogens is 1. The molecule has 9 heteroatoms. The number of sulfone groups is 1. The topological polar surface area (TPSA) is 96.8 Å². The van der Waals surface area contributed by atoms with Crippen molar-refractivity contribution >= 4 is 33.0 Å². The van der Waals surface area contributed by atoms with E-state index in [0.29, 0.717) is 18.7 Å². The van der Waals surface area contributed by atoms with Gasteiger partial charge in [-0.05, 0) is 17.0 Å². The van der Waals surface area contributed by atoms with Gasteiger partial charge >= 0.3 is 11.8 Å². The van der Waals surface area contributed by atoms with Crippen molar-refractivity contribution in [2.75, 3.05) is 33.7 Å². The first-order valence-corrected chi connectivity index (χ1v) is 10.9. The fourth-order valence-corrected chi connectivity index (χ4v) is 5.28. The van der Waals surface area contributed by atoms with Crippen LogP contribution in [0, 0.1) is 0 Å². The number of carbonyl (C=O) groups is 2. The normalized spacial score (nSPS) is 12.6. The lowest BCUT2D eigenvalue weighted by atomic mass is 10.1. The summed E-state index contributed by atoms with van der Waals surface area (Å²) in [7, 11) is 0.182. The predicted molar refractivity (Wildman–Crippen MR) is 104 cm³/mol. The average Bonchev–Trinajstić information content (AvgIpc) is 3.17. The lowest BCUT2D eigenvalue weighted by Crippen LogP contribution is -3.06. The maximum absolute atomic E-state index is 13.0. The van der Waals surface area contributed by atoms with Crippen LogP contribution < -0.4 is 15.5 Å². The highest BCUT2D eigenvalue weighted by atomic mass is 32.2. The highest BCUT2D eigenvalue weighted by Crippen LogP contribution is 2.30. The van der Waals surface area contributed by atoms with Crippen molar-refractivity contribution < 1.29 is 22.9 Å². The van der Waals surface area contributed by atoms with Gasteiger partial charge in [-0.25, -0.2) is 8.42 Å². The molecule has 1 aromatic heterocycles. The molecule has 0 aliphatic heterocycles. The van der Waals surface area contributed by atoms with Crippen LogP contribution in [-0.4, -0.2) is 54.0 Å². The summed E-state index contributed by atoms with van der Waals surface area (Å²) in [6.07, 6.45) is 0. The van der Waals surface area contributed by atoms with Gasteiger partial charge in [-0.1, -0.05) is 36.4 Å². The van der Waals surface area contributed by atoms with Crippen LogP contribution in [0.3, 0.4) is 0 Å². The number of carbonyl (C=O) groups excluding carboxylic acids is 2. The Balaban J connectivity index is 2.10. The van der Waals surface area contributed by atoms with E-state index in [1.165, 1.54) is 6.07 Å². The van der Waals surface area contributed by atoms with Gasteiger partial charge in [0.15, 0.2) is 9.84 Å². The molecule has 1 heterocycles. The smallest absolute Gasteiger partial charge is 0.309 e. The molecular weight excluding hydrogens is 386 g/mol. The second-order valence-corrected chi connectivity index (χ2v) is 9.60. The van der Waals surface area contributed by atoms with Crippen LogP contribution in [0.15, 0.2) is 52.1 Å². The second-order valence-electron chi connectivity index (χ2n) is 6.30. The van der Waals surface area contributed by atoms with E-state index in [-0.39, 0.29) is 10.8 Å². The molecule has 0 bridgehead atoms. The minimum atomic E-state index is -3.69. The van der Waals surface area contributed by atoms with Crippen molar-refractivity contribution in [3.05, 3.63) is 53.4 Å². The minimum Gasteiger partial charge on any atom is -0.346 e. The SMILES string of the molecule is C[NH+](C)CCNC(=O)C(=O)NC[C@H](c1ccccc1)S(=O)(=O)c1cccs1. The summed E-state index contributed by atoms with van der Waals surface area (Å²) < 4.78 is 26.2. The van der Waals surface area contributed by atoms with E-state index in [1.807, 2.05) is 14.1 Å². The quantitative estimate of drug-likeness (QED) is 0.518. The van der Waals surface area contributed by atoms with Gasteiger partial charge in [0.1, 0.15) is 9.46 Å². The largest absolute Gasteiger partial charge is 0.346 e. The molecule has 0 saturated carbocycles. The van der Waals surface area contributed by atoms with Crippen molar-refractivity contribution in [1.82, 2.24) is 10.6 Å². The molecule has 2 aromatic rings. The molecule has 2 amide bonds. The van der Waals surface area contributed by atoms with Crippen LogP contribution in [0.5, 0.6) is 0 Å². The Labute approximate surface area is 163 Å². The number of rotatable bonds is 8. The fourth-order valence-electron chi connectivity index (χ4n) is 2.41. The first-order chi connectivity index (χ1) is 12.8. The Morgan fingerprint density at radius 2 is 1.70 bits per heavy atom. The van der Waals surface area contributed by atoms with Crippen LogP contribution in [0.1, 0.15) is 10.8 Å². The van der Waals surface area contributed by atoms with E-state index >= 15 is 0 Å². The minimum absolute atomic E-state index is 0.185. The summed E-state index contributed by atoms with van der Waals surface area (Å²) in [6.45, 7) is 0.859. The van der Waals surface area contributed by atoms with Crippen LogP contribution in [0.25, 0.3) is 0 Å². The summed E-state index contributed by atoms with van der Waals surface area (Å²) in [4.78, 5) is 25.1. The number of benzene rings is 1. The molecule has 0 unspecified atom stereocenters. The van der Waals surface area contributed by atoms with Gasteiger partial charge in [-0.15, -0.1) is 11.3 Å². The maximum atomic E-state index is 13.0. The zero-order chi connectivity index (χ0) is 19.9. The summed E-state index contributed by atoms with van der Waals surface area (Å²) in [5.41, 5.74) is 0.558. The number of nitrogens with one attached hydrogen (secondary N) is 3. The Hall–Kier alpha value is -2.23. The molecule has 146 valence electrons. The third-order valence-corrected chi connectivity index (χ3v) is 7.42. The van der Waals surface area contributed by atoms with Crippen molar-refractivity contribution in [2.24, 2.45) is 0 Å². The van der Waals surface area contributed by atoms with Gasteiger partial charge in [0.2, 0.25) is 0 Å². The Bertz CT molecular complexity index is 850. The van der Waals surface area contributed by atoms with E-state index in [2.05, 4.69) is 10.6 Å². The number of hydrogen-bond donors (Lipinski definition) is 3. The molecule has 3 N–H and O–H groups in total. The molecule has 1 aromatic carbocycles. The standard InChI is InChI=1S/C18H23N3O4S2/c1-21(2)11-10-19-17(22)18(23)20-13-15(14-7-4-3-5-8-14)27(24,25)16-9-6-12-26-16/h3-9,12,15H,10-11,13H2,1-2H3,(H,19,22)(H,20,23)/p+1/t15-/m1/s1. The van der Waals surface area contributed by atoms with Crippen molar-refractivity contribution in [2.45, 2.75) is 9.46 Å². The first-order valence-electron chi connectivity index (χ1n) is 8.49. The maximum Gasteiger partial charge on any atom is 0.309 e. The first kappa shape index (κ1) is 21.1. The van der Waals surface area contributed by atoms with E-state index in [1.54, 1.807) is 41.8 Å². The third kappa shape index (κ3) is 5.88. The van der Waals surface area contributed by atoms with Gasteiger partial charge in [0.25, 0.3) is 0 Å². The van der Waals surface area contributed by atoms with Crippen LogP contribution in [-0.2, 0) is 19.4 Å². The number of amides is 2. The molecular formula is C18H24N3O4S2+. The lowest BCUT2D eigenvalue weighted by molar-refractivity contribution is -0.856. The zero-order valence-electron chi connectivity index (χ0n) is 15.3. The summed E-state index contributed by atoms with van der Waals surface area (Å²) >= 11 is 1.12. The molecule has 7 nitrogen and oxygen atoms in total. The highest BCUT2D eigenvalue weighted by molar-refractivity contribution is 7.93. The third-order valence-electron chi connectivity index (χ3n) is 3.89. The number of hydrogen-bond acceptors (Lipinski definition) is 5. The van der Waals surface area contributed by atoms with Gasteiger partial charge < -0.3 is 15.5 Å². The second kappa shape index (κ2) is 9.63. The van der Waals surface area contributed by atoms with E-state index in [9.17, 15) is 18.0 Å². The van der Waals surface area contributed by atoms with Crippen molar-refractivity contribution in [3.63, 3.8) is 0 Å². The lowest BCUT2D eigenvalue weighted by Gasteiger charge is -2.18. The zero-order valence-corrected chi connectivity index (χ0v) is 16.9. The average molecular weight is 411 g/mol. The predicted octanol–water partition coefficient (Wildman–Crippen LogP) is -0.360. The molecule has 0 radical (unpaired) electrons. The highest BCUT2D eigenvalue weighted by Gasteiger charge is 2.31. The molecule has 0 aliphatic carbocycles. The molecule has 0 fully saturated rings. The van der Waals surface area contributed by atoms with E-state index < -0.39 is 26.9 Å². The number of thiophene rings is 1. The van der Waals surface area contributed by atoms with Crippen molar-refractivity contribution in [3.8, 4) is 0 Å². The Morgan fingerprint density at radius 3 is 2.30 bits per heavy atom. The Morgan fingerprint density at radius 1 is 1.04 bits per heavy atom. The molecule has 0 saturated heterocycles. The van der Waals surface area contributed by atoms with E-state index in [0.717, 1.165) is 16.2 Å². The van der Waals surface area contributed by atoms with Crippen molar-refractivity contribution in [1.29, 1.82) is 0 Å². The number of likely N-dealkylation sites (N-methyl/N-ethyl adjacent to an activating group) is 1. The van der Waals surface area contributed by atoms with Crippen LogP contribution in [0.4, 0.5) is 0 Å². The van der Waals surface area contributed by atoms with Crippen LogP contribution >= 0.6 is 11.3 Å². The van der Waals surface area contributed by atoms with Gasteiger partial charge in [0.05, 0.1) is 27.2 Å². The fraction of sp³-hybridized carbons (Fsp3) is 0.333. The molecule has 0 aliphatic rings. The summed E-state index contributed by atoms with van der Waals surface area (Å²) in [6, 6.07) is 11.9. The van der Waals surface area contributed by atoms with Gasteiger partial charge in [0, 0.05) is 6.54 Å². The molecule has 1 atom stereocenters. The Kier molecular flexibility index (Phi) is 7.52. The summed E-state index contributed by atoms with van der Waals surface area (Å²) in [5, 5.41) is 5.70. The molecule has 2 rings (SSSR count). The molecule has 0 spiro atoms. The molecule has 27 heavy (non-hydrogen) atoms. The van der Waals surface area contributed by atoms with Crippen LogP contribution in [0.2, 0.25) is 0 Å². The van der Waals surface area contributed by atoms with Gasteiger partial charge in [-0.2, -0.15) is 0 Å². The van der Waals surface area contributed by atoms with E-state index in [4.69, 9.17) is 0 Å². The monoisotopic (exact) mass is 410 g/mol. The van der Waals surface area contributed by atoms with Gasteiger partial charge in [-0.3, -0.25) is 9.59 Å². The summed E-state index contributed by atoms with van der Waals surface area (Å²) in [5.74, 6) is -1.61.